The van der Waals surface area contributed by atoms with Gasteiger partial charge in [0.2, 0.25) is 0 Å². The van der Waals surface area contributed by atoms with E-state index in [-0.39, 0.29) is 11.1 Å². The molecule has 0 N–H and O–H groups in total. The summed E-state index contributed by atoms with van der Waals surface area (Å²) in [5.41, 5.74) is 1.70. The third-order valence-corrected chi connectivity index (χ3v) is 4.27. The van der Waals surface area contributed by atoms with Crippen molar-refractivity contribution in [1.82, 2.24) is 4.90 Å². The first-order chi connectivity index (χ1) is 11.0. The Hall–Kier alpha value is -2.21. The van der Waals surface area contributed by atoms with Gasteiger partial charge in [0.25, 0.3) is 11.1 Å². The maximum atomic E-state index is 12.0. The molecule has 1 aromatic rings. The van der Waals surface area contributed by atoms with Gasteiger partial charge in [-0.25, -0.2) is 0 Å². The van der Waals surface area contributed by atoms with Crippen molar-refractivity contribution < 1.29 is 19.1 Å². The van der Waals surface area contributed by atoms with Gasteiger partial charge < -0.3 is 9.47 Å². The van der Waals surface area contributed by atoms with Crippen molar-refractivity contribution >= 4 is 29.0 Å². The van der Waals surface area contributed by atoms with Gasteiger partial charge in [0.15, 0.2) is 11.5 Å². The van der Waals surface area contributed by atoms with E-state index in [1.807, 2.05) is 13.0 Å². The van der Waals surface area contributed by atoms with Crippen LogP contribution in [0.1, 0.15) is 18.1 Å². The van der Waals surface area contributed by atoms with Crippen LogP contribution in [0.3, 0.4) is 0 Å². The smallest absolute Gasteiger partial charge is 0.293 e. The van der Waals surface area contributed by atoms with Crippen LogP contribution in [0.25, 0.3) is 6.08 Å². The number of amides is 2. The van der Waals surface area contributed by atoms with E-state index in [9.17, 15) is 9.59 Å². The first kappa shape index (κ1) is 17.1. The highest BCUT2D eigenvalue weighted by Crippen LogP contribution is 2.36. The van der Waals surface area contributed by atoms with E-state index in [1.54, 1.807) is 25.3 Å². The average molecular weight is 333 g/mol. The third-order valence-electron chi connectivity index (χ3n) is 3.31. The van der Waals surface area contributed by atoms with Gasteiger partial charge in [-0.2, -0.15) is 0 Å². The van der Waals surface area contributed by atoms with E-state index < -0.39 is 0 Å². The number of carbonyl (C=O) groups is 2. The second-order valence-corrected chi connectivity index (χ2v) is 5.87. The molecule has 1 aromatic carbocycles. The molecule has 122 valence electrons. The molecule has 0 radical (unpaired) electrons. The molecule has 0 aromatic heterocycles. The maximum absolute atomic E-state index is 12.0. The van der Waals surface area contributed by atoms with E-state index in [4.69, 9.17) is 9.47 Å². The summed E-state index contributed by atoms with van der Waals surface area (Å²) in [5, 5.41) is -0.273. The van der Waals surface area contributed by atoms with Crippen LogP contribution in [0.4, 0.5) is 4.79 Å². The van der Waals surface area contributed by atoms with Gasteiger partial charge in [-0.05, 0) is 48.9 Å². The largest absolute Gasteiger partial charge is 0.493 e. The molecule has 0 spiro atoms. The molecule has 2 amide bonds. The lowest BCUT2D eigenvalue weighted by atomic mass is 10.0. The third kappa shape index (κ3) is 3.59. The number of ether oxygens (including phenoxy) is 2. The minimum absolute atomic E-state index is 0.273. The zero-order valence-electron chi connectivity index (χ0n) is 13.4. The molecule has 1 saturated heterocycles. The molecule has 0 atom stereocenters. The normalized spacial score (nSPS) is 16.1. The van der Waals surface area contributed by atoms with Crippen molar-refractivity contribution in [3.8, 4) is 11.5 Å². The number of benzene rings is 1. The number of methoxy groups -OCH3 is 1. The fraction of sp³-hybridized carbons (Fsp3) is 0.294. The fourth-order valence-corrected chi connectivity index (χ4v) is 3.06. The van der Waals surface area contributed by atoms with E-state index in [1.165, 1.54) is 7.05 Å². The fourth-order valence-electron chi connectivity index (χ4n) is 2.23. The zero-order chi connectivity index (χ0) is 17.0. The maximum Gasteiger partial charge on any atom is 0.293 e. The highest BCUT2D eigenvalue weighted by molar-refractivity contribution is 8.18. The molecule has 1 aliphatic rings. The molecule has 23 heavy (non-hydrogen) atoms. The van der Waals surface area contributed by atoms with Crippen LogP contribution in [0.15, 0.2) is 29.7 Å². The van der Waals surface area contributed by atoms with Gasteiger partial charge >= 0.3 is 0 Å². The summed E-state index contributed by atoms with van der Waals surface area (Å²) >= 11 is 0.930. The van der Waals surface area contributed by atoms with Crippen molar-refractivity contribution in [2.75, 3.05) is 20.8 Å². The van der Waals surface area contributed by atoms with Crippen LogP contribution >= 0.6 is 11.8 Å². The van der Waals surface area contributed by atoms with E-state index in [0.717, 1.165) is 27.8 Å². The monoisotopic (exact) mass is 333 g/mol. The Labute approximate surface area is 139 Å². The Morgan fingerprint density at radius 2 is 2.09 bits per heavy atom. The van der Waals surface area contributed by atoms with Gasteiger partial charge in [-0.3, -0.25) is 14.5 Å². The van der Waals surface area contributed by atoms with Crippen molar-refractivity contribution in [1.29, 1.82) is 0 Å². The predicted molar refractivity (Wildman–Crippen MR) is 91.8 cm³/mol. The number of hydrogen-bond acceptors (Lipinski definition) is 5. The lowest BCUT2D eigenvalue weighted by Gasteiger charge is -2.14. The lowest BCUT2D eigenvalue weighted by molar-refractivity contribution is -0.121. The summed E-state index contributed by atoms with van der Waals surface area (Å²) in [6.45, 7) is 6.18. The summed E-state index contributed by atoms with van der Waals surface area (Å²) in [7, 11) is 3.04. The Kier molecular flexibility index (Phi) is 5.50. The Morgan fingerprint density at radius 1 is 1.35 bits per heavy atom. The first-order valence-electron chi connectivity index (χ1n) is 7.18. The summed E-state index contributed by atoms with van der Waals surface area (Å²) in [6, 6.07) is 3.71. The van der Waals surface area contributed by atoms with E-state index in [2.05, 4.69) is 6.58 Å². The predicted octanol–water partition coefficient (Wildman–Crippen LogP) is 3.49. The molecule has 0 saturated carbocycles. The number of allylic oxidation sites excluding steroid dienone is 1. The molecule has 6 heteroatoms. The van der Waals surface area contributed by atoms with Gasteiger partial charge in [0, 0.05) is 12.6 Å². The summed E-state index contributed by atoms with van der Waals surface area (Å²) in [6.07, 6.45) is 4.09. The molecule has 1 heterocycles. The van der Waals surface area contributed by atoms with E-state index in [0.29, 0.717) is 29.4 Å². The second kappa shape index (κ2) is 7.37. The first-order valence-corrected chi connectivity index (χ1v) is 7.99. The van der Waals surface area contributed by atoms with Crippen molar-refractivity contribution in [3.05, 3.63) is 40.8 Å². The molecule has 0 aliphatic carbocycles. The standard InChI is InChI=1S/C17H19NO4S/c1-5-7-12-8-11(9-13(21-4)15(12)22-6-2)10-14-16(19)18(3)17(20)23-14/h5,8-10H,1,6-7H2,2-4H3/b14-10-. The minimum Gasteiger partial charge on any atom is -0.493 e. The number of rotatable bonds is 6. The number of nitrogens with zero attached hydrogens (tertiary/aromatic N) is 1. The minimum atomic E-state index is -0.293. The SMILES string of the molecule is C=CCc1cc(/C=C2\SC(=O)N(C)C2=O)cc(OC)c1OCC. The van der Waals surface area contributed by atoms with Crippen LogP contribution in [-0.4, -0.2) is 36.8 Å². The Balaban J connectivity index is 2.47. The zero-order valence-corrected chi connectivity index (χ0v) is 14.2. The molecular formula is C17H19NO4S. The molecule has 0 unspecified atom stereocenters. The van der Waals surface area contributed by atoms with Gasteiger partial charge in [0.1, 0.15) is 0 Å². The van der Waals surface area contributed by atoms with Gasteiger partial charge in [-0.1, -0.05) is 6.08 Å². The molecule has 2 rings (SSSR count). The number of hydrogen-bond donors (Lipinski definition) is 0. The number of imide groups is 1. The molecule has 1 fully saturated rings. The van der Waals surface area contributed by atoms with Crippen molar-refractivity contribution in [2.45, 2.75) is 13.3 Å². The number of thioether (sulfide) groups is 1. The second-order valence-electron chi connectivity index (χ2n) is 4.88. The highest BCUT2D eigenvalue weighted by atomic mass is 32.2. The molecule has 1 aliphatic heterocycles. The highest BCUT2D eigenvalue weighted by Gasteiger charge is 2.31. The van der Waals surface area contributed by atoms with Crippen LogP contribution in [0, 0.1) is 0 Å². The summed E-state index contributed by atoms with van der Waals surface area (Å²) < 4.78 is 11.1. The lowest BCUT2D eigenvalue weighted by Crippen LogP contribution is -2.22. The van der Waals surface area contributed by atoms with Crippen molar-refractivity contribution in [3.63, 3.8) is 0 Å². The molecule has 5 nitrogen and oxygen atoms in total. The number of carbonyl (C=O) groups excluding carboxylic acids is 2. The van der Waals surface area contributed by atoms with Crippen LogP contribution < -0.4 is 9.47 Å². The summed E-state index contributed by atoms with van der Waals surface area (Å²) in [5.74, 6) is 0.974. The van der Waals surface area contributed by atoms with Crippen LogP contribution in [-0.2, 0) is 11.2 Å². The summed E-state index contributed by atoms with van der Waals surface area (Å²) in [4.78, 5) is 25.1. The number of likely N-dealkylation sites (N-methyl/N-ethyl adjacent to an activating group) is 1. The van der Waals surface area contributed by atoms with Gasteiger partial charge in [-0.15, -0.1) is 6.58 Å². The van der Waals surface area contributed by atoms with Crippen LogP contribution in [0.2, 0.25) is 0 Å². The molecular weight excluding hydrogens is 314 g/mol. The van der Waals surface area contributed by atoms with E-state index >= 15 is 0 Å². The van der Waals surface area contributed by atoms with Crippen LogP contribution in [0.5, 0.6) is 11.5 Å². The average Bonchev–Trinajstić information content (AvgIpc) is 2.77. The van der Waals surface area contributed by atoms with Crippen molar-refractivity contribution in [2.24, 2.45) is 0 Å². The Morgan fingerprint density at radius 3 is 2.61 bits per heavy atom. The quantitative estimate of drug-likeness (QED) is 0.589. The Bertz CT molecular complexity index is 681. The molecule has 0 bridgehead atoms. The topological polar surface area (TPSA) is 55.8 Å². The van der Waals surface area contributed by atoms with Gasteiger partial charge in [0.05, 0.1) is 18.6 Å².